The lowest BCUT2D eigenvalue weighted by molar-refractivity contribution is -0.144. The van der Waals surface area contributed by atoms with E-state index in [0.29, 0.717) is 17.3 Å². The Balaban J connectivity index is 2.06. The van der Waals surface area contributed by atoms with E-state index in [4.69, 9.17) is 18.9 Å². The van der Waals surface area contributed by atoms with Gasteiger partial charge >= 0.3 is 11.9 Å². The highest BCUT2D eigenvalue weighted by atomic mass is 32.2. The summed E-state index contributed by atoms with van der Waals surface area (Å²) in [6.07, 6.45) is 1.56. The maximum absolute atomic E-state index is 11.6. The third-order valence-electron chi connectivity index (χ3n) is 5.98. The molecule has 0 aliphatic carbocycles. The van der Waals surface area contributed by atoms with Crippen LogP contribution >= 0.6 is 23.5 Å². The van der Waals surface area contributed by atoms with E-state index >= 15 is 0 Å². The minimum absolute atomic E-state index is 0.263. The second-order valence-electron chi connectivity index (χ2n) is 9.19. The van der Waals surface area contributed by atoms with Crippen LogP contribution in [0.25, 0.3) is 0 Å². The molecule has 39 heavy (non-hydrogen) atoms. The van der Waals surface area contributed by atoms with Gasteiger partial charge in [-0.1, -0.05) is 65.1 Å². The Morgan fingerprint density at radius 1 is 0.872 bits per heavy atom. The topological polar surface area (TPSA) is 71.1 Å². The van der Waals surface area contributed by atoms with E-state index in [1.54, 1.807) is 23.5 Å². The van der Waals surface area contributed by atoms with Gasteiger partial charge in [-0.3, -0.25) is 0 Å². The molecule has 0 aliphatic rings. The zero-order chi connectivity index (χ0) is 28.8. The number of thioether (sulfide) groups is 2. The summed E-state index contributed by atoms with van der Waals surface area (Å²) in [4.78, 5) is 23.2. The molecule has 0 heterocycles. The van der Waals surface area contributed by atoms with E-state index in [2.05, 4.69) is 58.2 Å². The van der Waals surface area contributed by atoms with Gasteiger partial charge in [-0.25, -0.2) is 9.59 Å². The van der Waals surface area contributed by atoms with Crippen LogP contribution in [0.1, 0.15) is 45.7 Å². The standard InChI is InChI=1S/C31H40O6S2/c1-8-28(32)35-22(5)30(39-11-4)37-26-18-14-24(15-19-26)31(6,7)23-12-16-25(17-13-23)34-20-27(21-38-10-3)36-29(33)9-2/h8-9,12-19,22,27,30H,1-2,10-11,20-21H2,3-7H3. The fourth-order valence-electron chi connectivity index (χ4n) is 3.70. The molecule has 3 unspecified atom stereocenters. The molecule has 0 saturated carbocycles. The number of hydrogen-bond donors (Lipinski definition) is 0. The Kier molecular flexibility index (Phi) is 13.5. The first-order chi connectivity index (χ1) is 18.6. The Bertz CT molecular complexity index is 1070. The van der Waals surface area contributed by atoms with Gasteiger partial charge in [-0.2, -0.15) is 11.8 Å². The molecule has 0 aromatic heterocycles. The first kappa shape index (κ1) is 32.4. The molecular weight excluding hydrogens is 532 g/mol. The maximum atomic E-state index is 11.6. The molecule has 2 aromatic carbocycles. The van der Waals surface area contributed by atoms with Gasteiger partial charge in [0.1, 0.15) is 30.3 Å². The summed E-state index contributed by atoms with van der Waals surface area (Å²) < 4.78 is 22.8. The summed E-state index contributed by atoms with van der Waals surface area (Å²) in [7, 11) is 0. The normalized spacial score (nSPS) is 13.5. The molecule has 8 heteroatoms. The Morgan fingerprint density at radius 3 is 1.92 bits per heavy atom. The molecular formula is C31H40O6S2. The Labute approximate surface area is 241 Å². The quantitative estimate of drug-likeness (QED) is 0.116. The van der Waals surface area contributed by atoms with Crippen molar-refractivity contribution in [2.24, 2.45) is 0 Å². The number of hydrogen-bond acceptors (Lipinski definition) is 8. The van der Waals surface area contributed by atoms with Crippen molar-refractivity contribution in [2.45, 2.75) is 57.7 Å². The first-order valence-electron chi connectivity index (χ1n) is 13.0. The summed E-state index contributed by atoms with van der Waals surface area (Å²) in [5, 5.41) is 0. The average molecular weight is 573 g/mol. The first-order valence-corrected chi connectivity index (χ1v) is 15.2. The predicted molar refractivity (Wildman–Crippen MR) is 162 cm³/mol. The van der Waals surface area contributed by atoms with Gasteiger partial charge in [0.05, 0.1) is 0 Å². The summed E-state index contributed by atoms with van der Waals surface area (Å²) in [5.41, 5.74) is 1.67. The lowest BCUT2D eigenvalue weighted by Gasteiger charge is -2.27. The molecule has 6 nitrogen and oxygen atoms in total. The van der Waals surface area contributed by atoms with Gasteiger partial charge < -0.3 is 18.9 Å². The number of carbonyl (C=O) groups is 2. The van der Waals surface area contributed by atoms with Crippen molar-refractivity contribution >= 4 is 35.5 Å². The van der Waals surface area contributed by atoms with Gasteiger partial charge in [-0.05, 0) is 53.8 Å². The lowest BCUT2D eigenvalue weighted by Crippen LogP contribution is -2.30. The fraction of sp³-hybridized carbons (Fsp3) is 0.419. The number of ether oxygens (including phenoxy) is 4. The zero-order valence-electron chi connectivity index (χ0n) is 23.5. The number of rotatable bonds is 17. The molecule has 0 radical (unpaired) electrons. The van der Waals surface area contributed by atoms with Crippen LogP contribution in [0.2, 0.25) is 0 Å². The maximum Gasteiger partial charge on any atom is 0.330 e. The SMILES string of the molecule is C=CC(=O)OC(COc1ccc(C(C)(C)c2ccc(OC(SCC)C(C)OC(=O)C=C)cc2)cc1)CSCC. The van der Waals surface area contributed by atoms with Gasteiger partial charge in [0.15, 0.2) is 5.44 Å². The van der Waals surface area contributed by atoms with Crippen LogP contribution in [0.15, 0.2) is 73.8 Å². The smallest absolute Gasteiger partial charge is 0.330 e. The number of esters is 2. The highest BCUT2D eigenvalue weighted by Crippen LogP contribution is 2.34. The van der Waals surface area contributed by atoms with Crippen LogP contribution in [0.3, 0.4) is 0 Å². The fourth-order valence-corrected chi connectivity index (χ4v) is 5.20. The monoisotopic (exact) mass is 572 g/mol. The average Bonchev–Trinajstić information content (AvgIpc) is 2.94. The largest absolute Gasteiger partial charge is 0.490 e. The predicted octanol–water partition coefficient (Wildman–Crippen LogP) is 6.82. The summed E-state index contributed by atoms with van der Waals surface area (Å²) >= 11 is 3.27. The van der Waals surface area contributed by atoms with E-state index in [1.165, 1.54) is 6.08 Å². The van der Waals surface area contributed by atoms with Crippen LogP contribution in [-0.2, 0) is 24.5 Å². The van der Waals surface area contributed by atoms with E-state index < -0.39 is 18.0 Å². The molecule has 0 fully saturated rings. The van der Waals surface area contributed by atoms with Gasteiger partial charge in [-0.15, -0.1) is 11.8 Å². The van der Waals surface area contributed by atoms with Crippen LogP contribution in [0, 0.1) is 0 Å². The zero-order valence-corrected chi connectivity index (χ0v) is 25.1. The highest BCUT2D eigenvalue weighted by Gasteiger charge is 2.25. The van der Waals surface area contributed by atoms with Crippen molar-refractivity contribution in [1.82, 2.24) is 0 Å². The Hall–Kier alpha value is -2.84. The molecule has 2 rings (SSSR count). The van der Waals surface area contributed by atoms with Gasteiger partial charge in [0.2, 0.25) is 0 Å². The van der Waals surface area contributed by atoms with Crippen molar-refractivity contribution in [3.63, 3.8) is 0 Å². The van der Waals surface area contributed by atoms with E-state index in [0.717, 1.165) is 28.7 Å². The van der Waals surface area contributed by atoms with Gasteiger partial charge in [0, 0.05) is 23.3 Å². The molecule has 0 spiro atoms. The molecule has 0 N–H and O–H groups in total. The molecule has 212 valence electrons. The van der Waals surface area contributed by atoms with Crippen molar-refractivity contribution < 1.29 is 28.5 Å². The van der Waals surface area contributed by atoms with E-state index in [-0.39, 0.29) is 23.6 Å². The second kappa shape index (κ2) is 16.3. The molecule has 0 amide bonds. The van der Waals surface area contributed by atoms with Gasteiger partial charge in [0.25, 0.3) is 0 Å². The van der Waals surface area contributed by atoms with Crippen molar-refractivity contribution in [3.8, 4) is 11.5 Å². The summed E-state index contributed by atoms with van der Waals surface area (Å²) in [6, 6.07) is 16.0. The van der Waals surface area contributed by atoms with Crippen LogP contribution in [-0.4, -0.2) is 53.4 Å². The molecule has 2 aromatic rings. The molecule has 0 aliphatic heterocycles. The third-order valence-corrected chi connectivity index (χ3v) is 8.14. The number of benzene rings is 2. The summed E-state index contributed by atoms with van der Waals surface area (Å²) in [5.74, 6) is 2.93. The minimum Gasteiger partial charge on any atom is -0.490 e. The van der Waals surface area contributed by atoms with E-state index in [1.807, 2.05) is 38.1 Å². The molecule has 3 atom stereocenters. The minimum atomic E-state index is -0.465. The summed E-state index contributed by atoms with van der Waals surface area (Å²) in [6.45, 7) is 17.4. The van der Waals surface area contributed by atoms with Crippen LogP contribution in [0.4, 0.5) is 0 Å². The Morgan fingerprint density at radius 2 is 1.41 bits per heavy atom. The van der Waals surface area contributed by atoms with Crippen LogP contribution < -0.4 is 9.47 Å². The van der Waals surface area contributed by atoms with Crippen LogP contribution in [0.5, 0.6) is 11.5 Å². The lowest BCUT2D eigenvalue weighted by atomic mass is 9.78. The molecule has 0 saturated heterocycles. The van der Waals surface area contributed by atoms with Crippen molar-refractivity contribution in [1.29, 1.82) is 0 Å². The van der Waals surface area contributed by atoms with E-state index in [9.17, 15) is 9.59 Å². The second-order valence-corrected chi connectivity index (χ2v) is 11.9. The van der Waals surface area contributed by atoms with Crippen molar-refractivity contribution in [3.05, 3.63) is 85.0 Å². The highest BCUT2D eigenvalue weighted by molar-refractivity contribution is 7.99. The number of carbonyl (C=O) groups excluding carboxylic acids is 2. The van der Waals surface area contributed by atoms with Crippen molar-refractivity contribution in [2.75, 3.05) is 23.9 Å². The molecule has 0 bridgehead atoms. The third kappa shape index (κ3) is 10.3.